The van der Waals surface area contributed by atoms with Crippen molar-refractivity contribution in [3.05, 3.63) is 71.8 Å². The van der Waals surface area contributed by atoms with E-state index in [2.05, 4.69) is 11.4 Å². The van der Waals surface area contributed by atoms with Gasteiger partial charge < -0.3 is 14.8 Å². The first-order valence-electron chi connectivity index (χ1n) is 9.43. The third kappa shape index (κ3) is 5.00. The molecule has 0 unspecified atom stereocenters. The summed E-state index contributed by atoms with van der Waals surface area (Å²) in [5.74, 6) is -0.0563. The number of ether oxygens (including phenoxy) is 2. The van der Waals surface area contributed by atoms with Crippen LogP contribution >= 0.6 is 0 Å². The lowest BCUT2D eigenvalue weighted by molar-refractivity contribution is -0.155. The molecule has 0 aliphatic heterocycles. The maximum atomic E-state index is 13.0. The topological polar surface area (TPSA) is 64.6 Å². The molecule has 0 aromatic heterocycles. The Hall–Kier alpha value is -3.08. The molecule has 2 atom stereocenters. The van der Waals surface area contributed by atoms with Crippen LogP contribution in [0.1, 0.15) is 36.5 Å². The van der Waals surface area contributed by atoms with Crippen molar-refractivity contribution in [1.82, 2.24) is 0 Å². The molecule has 2 aromatic carbocycles. The summed E-state index contributed by atoms with van der Waals surface area (Å²) >= 11 is 0. The van der Waals surface area contributed by atoms with Gasteiger partial charge in [0.25, 0.3) is 5.91 Å². The molecule has 0 saturated carbocycles. The Labute approximate surface area is 165 Å². The molecule has 0 fully saturated rings. The van der Waals surface area contributed by atoms with Crippen molar-refractivity contribution in [2.24, 2.45) is 5.92 Å². The summed E-state index contributed by atoms with van der Waals surface area (Å²) in [4.78, 5) is 25.5. The lowest BCUT2D eigenvalue weighted by Gasteiger charge is -2.20. The maximum absolute atomic E-state index is 13.0. The molecule has 1 aliphatic rings. The summed E-state index contributed by atoms with van der Waals surface area (Å²) in [6.45, 7) is 1.93. The molecule has 1 N–H and O–H groups in total. The molecule has 146 valence electrons. The Bertz CT molecular complexity index is 860. The van der Waals surface area contributed by atoms with Crippen molar-refractivity contribution < 1.29 is 19.1 Å². The number of hydrogen-bond acceptors (Lipinski definition) is 4. The Morgan fingerprint density at radius 1 is 1.18 bits per heavy atom. The first kappa shape index (κ1) is 19.7. The van der Waals surface area contributed by atoms with E-state index in [-0.39, 0.29) is 18.3 Å². The van der Waals surface area contributed by atoms with Gasteiger partial charge in [0.1, 0.15) is 5.75 Å². The minimum absolute atomic E-state index is 0.184. The number of rotatable bonds is 7. The molecule has 0 radical (unpaired) electrons. The van der Waals surface area contributed by atoms with E-state index in [0.29, 0.717) is 17.0 Å². The van der Waals surface area contributed by atoms with E-state index in [1.165, 1.54) is 0 Å². The fourth-order valence-corrected chi connectivity index (χ4v) is 3.28. The van der Waals surface area contributed by atoms with Crippen LogP contribution in [0.25, 0.3) is 0 Å². The predicted octanol–water partition coefficient (Wildman–Crippen LogP) is 4.58. The Morgan fingerprint density at radius 3 is 2.64 bits per heavy atom. The van der Waals surface area contributed by atoms with Crippen molar-refractivity contribution in [3.8, 4) is 5.75 Å². The lowest BCUT2D eigenvalue weighted by Crippen LogP contribution is -2.26. The minimum Gasteiger partial charge on any atom is -0.495 e. The van der Waals surface area contributed by atoms with E-state index >= 15 is 0 Å². The van der Waals surface area contributed by atoms with Crippen LogP contribution in [0.5, 0.6) is 5.75 Å². The Kier molecular flexibility index (Phi) is 6.48. The number of methoxy groups -OCH3 is 1. The minimum atomic E-state index is -1.02. The van der Waals surface area contributed by atoms with Crippen molar-refractivity contribution in [2.75, 3.05) is 12.4 Å². The Morgan fingerprint density at radius 2 is 1.96 bits per heavy atom. The average Bonchev–Trinajstić information content (AvgIpc) is 3.20. The van der Waals surface area contributed by atoms with Gasteiger partial charge in [-0.2, -0.15) is 0 Å². The number of carbonyl (C=O) groups excluding carboxylic acids is 2. The first-order valence-corrected chi connectivity index (χ1v) is 9.43. The second kappa shape index (κ2) is 9.22. The molecular formula is C23H25NO4. The van der Waals surface area contributed by atoms with Gasteiger partial charge in [0.2, 0.25) is 6.10 Å². The van der Waals surface area contributed by atoms with Crippen molar-refractivity contribution in [1.29, 1.82) is 0 Å². The van der Waals surface area contributed by atoms with E-state index in [1.54, 1.807) is 25.3 Å². The summed E-state index contributed by atoms with van der Waals surface area (Å²) < 4.78 is 10.9. The van der Waals surface area contributed by atoms with Crippen molar-refractivity contribution in [3.63, 3.8) is 0 Å². The fourth-order valence-electron chi connectivity index (χ4n) is 3.28. The standard InChI is InChI=1S/C23H25NO4/c1-16-12-13-20(27-2)19(14-16)24-23(26)22(18-10-4-3-5-11-18)28-21(25)15-17-8-6-7-9-17/h3-6,8,10-14,17,22H,7,9,15H2,1-2H3,(H,24,26)/t17-,22+/m0/s1. The molecule has 28 heavy (non-hydrogen) atoms. The number of benzene rings is 2. The molecule has 0 heterocycles. The third-order valence-corrected chi connectivity index (χ3v) is 4.74. The van der Waals surface area contributed by atoms with Gasteiger partial charge in [-0.15, -0.1) is 0 Å². The normalized spacial score (nSPS) is 16.4. The van der Waals surface area contributed by atoms with Crippen LogP contribution < -0.4 is 10.1 Å². The molecule has 5 heteroatoms. The van der Waals surface area contributed by atoms with E-state index in [4.69, 9.17) is 9.47 Å². The SMILES string of the molecule is COc1ccc(C)cc1NC(=O)[C@H](OC(=O)C[C@H]1C=CCC1)c1ccccc1. The number of esters is 1. The van der Waals surface area contributed by atoms with Crippen LogP contribution in [0, 0.1) is 12.8 Å². The molecule has 1 aliphatic carbocycles. The van der Waals surface area contributed by atoms with Gasteiger partial charge >= 0.3 is 5.97 Å². The highest BCUT2D eigenvalue weighted by molar-refractivity contribution is 5.97. The predicted molar refractivity (Wildman–Crippen MR) is 108 cm³/mol. The van der Waals surface area contributed by atoms with Crippen LogP contribution in [0.4, 0.5) is 5.69 Å². The quantitative estimate of drug-likeness (QED) is 0.565. The number of anilines is 1. The van der Waals surface area contributed by atoms with E-state index in [1.807, 2.05) is 43.3 Å². The van der Waals surface area contributed by atoms with Crippen LogP contribution in [0.3, 0.4) is 0 Å². The molecule has 0 bridgehead atoms. The smallest absolute Gasteiger partial charge is 0.307 e. The van der Waals surface area contributed by atoms with Crippen LogP contribution in [-0.2, 0) is 14.3 Å². The summed E-state index contributed by atoms with van der Waals surface area (Å²) in [6, 6.07) is 14.6. The Balaban J connectivity index is 1.78. The first-order chi connectivity index (χ1) is 13.6. The van der Waals surface area contributed by atoms with Gasteiger partial charge in [0, 0.05) is 5.56 Å². The average molecular weight is 379 g/mol. The number of aryl methyl sites for hydroxylation is 1. The zero-order chi connectivity index (χ0) is 19.9. The van der Waals surface area contributed by atoms with Gasteiger partial charge in [0.15, 0.2) is 0 Å². The maximum Gasteiger partial charge on any atom is 0.307 e. The highest BCUT2D eigenvalue weighted by Gasteiger charge is 2.27. The van der Waals surface area contributed by atoms with Crippen LogP contribution in [-0.4, -0.2) is 19.0 Å². The van der Waals surface area contributed by atoms with Crippen LogP contribution in [0.15, 0.2) is 60.7 Å². The van der Waals surface area contributed by atoms with Gasteiger partial charge in [-0.05, 0) is 43.4 Å². The highest BCUT2D eigenvalue weighted by Crippen LogP contribution is 2.28. The second-order valence-electron chi connectivity index (χ2n) is 6.94. The molecule has 5 nitrogen and oxygen atoms in total. The van der Waals surface area contributed by atoms with Gasteiger partial charge in [-0.1, -0.05) is 48.6 Å². The molecular weight excluding hydrogens is 354 g/mol. The van der Waals surface area contributed by atoms with E-state index in [9.17, 15) is 9.59 Å². The largest absolute Gasteiger partial charge is 0.495 e. The van der Waals surface area contributed by atoms with E-state index < -0.39 is 12.0 Å². The summed E-state index contributed by atoms with van der Waals surface area (Å²) in [5, 5.41) is 2.84. The number of amides is 1. The number of nitrogens with one attached hydrogen (secondary N) is 1. The van der Waals surface area contributed by atoms with Crippen molar-refractivity contribution >= 4 is 17.6 Å². The number of allylic oxidation sites excluding steroid dienone is 2. The summed E-state index contributed by atoms with van der Waals surface area (Å²) in [6.07, 6.45) is 5.29. The molecule has 2 aromatic rings. The summed E-state index contributed by atoms with van der Waals surface area (Å²) in [5.41, 5.74) is 2.16. The monoisotopic (exact) mass is 379 g/mol. The van der Waals surface area contributed by atoms with Gasteiger partial charge in [-0.3, -0.25) is 9.59 Å². The van der Waals surface area contributed by atoms with Crippen molar-refractivity contribution in [2.45, 2.75) is 32.3 Å². The molecule has 1 amide bonds. The number of hydrogen-bond donors (Lipinski definition) is 1. The molecule has 0 spiro atoms. The fraction of sp³-hybridized carbons (Fsp3) is 0.304. The zero-order valence-electron chi connectivity index (χ0n) is 16.2. The van der Waals surface area contributed by atoms with Gasteiger partial charge in [-0.25, -0.2) is 0 Å². The highest BCUT2D eigenvalue weighted by atomic mass is 16.5. The molecule has 3 rings (SSSR count). The lowest BCUT2D eigenvalue weighted by atomic mass is 10.1. The number of carbonyl (C=O) groups is 2. The van der Waals surface area contributed by atoms with Crippen LogP contribution in [0.2, 0.25) is 0 Å². The van der Waals surface area contributed by atoms with Gasteiger partial charge in [0.05, 0.1) is 19.2 Å². The third-order valence-electron chi connectivity index (χ3n) is 4.74. The summed E-state index contributed by atoms with van der Waals surface area (Å²) in [7, 11) is 1.55. The second-order valence-corrected chi connectivity index (χ2v) is 6.94. The zero-order valence-corrected chi connectivity index (χ0v) is 16.2. The molecule has 0 saturated heterocycles. The van der Waals surface area contributed by atoms with E-state index in [0.717, 1.165) is 18.4 Å².